The van der Waals surface area contributed by atoms with E-state index >= 15 is 0 Å². The van der Waals surface area contributed by atoms with Crippen molar-refractivity contribution >= 4 is 23.1 Å². The molecule has 3 nitrogen and oxygen atoms in total. The van der Waals surface area contributed by atoms with Gasteiger partial charge in [-0.2, -0.15) is 0 Å². The fourth-order valence-electron chi connectivity index (χ4n) is 0.812. The van der Waals surface area contributed by atoms with Crippen LogP contribution in [0.1, 0.15) is 11.0 Å². The average Bonchev–Trinajstić information content (AvgIpc) is 2.52. The molecule has 0 aliphatic heterocycles. The van der Waals surface area contributed by atoms with Gasteiger partial charge in [-0.05, 0) is 13.3 Å². The van der Waals surface area contributed by atoms with E-state index in [1.807, 2.05) is 13.3 Å². The van der Waals surface area contributed by atoms with Gasteiger partial charge < -0.3 is 10.4 Å². The molecule has 1 heterocycles. The van der Waals surface area contributed by atoms with Gasteiger partial charge in [-0.15, -0.1) is 11.3 Å². The molecular formula is C7H12N2OS2. The number of aromatic nitrogens is 1. The Hall–Kier alpha value is -0.100. The summed E-state index contributed by atoms with van der Waals surface area (Å²) in [6.45, 7) is 0.579. The first kappa shape index (κ1) is 9.98. The average molecular weight is 204 g/mol. The van der Waals surface area contributed by atoms with Crippen molar-refractivity contribution in [3.05, 3.63) is 11.1 Å². The maximum absolute atomic E-state index is 9.53. The molecule has 0 bridgehead atoms. The van der Waals surface area contributed by atoms with Gasteiger partial charge in [0.2, 0.25) is 0 Å². The molecule has 1 atom stereocenters. The van der Waals surface area contributed by atoms with E-state index in [1.54, 1.807) is 29.3 Å². The highest BCUT2D eigenvalue weighted by atomic mass is 32.2. The minimum absolute atomic E-state index is 0.423. The Bertz CT molecular complexity index is 239. The number of nitrogens with zero attached hydrogens (tertiary/aromatic N) is 1. The molecule has 0 spiro atoms. The zero-order chi connectivity index (χ0) is 8.97. The summed E-state index contributed by atoms with van der Waals surface area (Å²) in [6, 6.07) is 0. The summed E-state index contributed by atoms with van der Waals surface area (Å²) < 4.78 is 1.00. The molecule has 5 heteroatoms. The van der Waals surface area contributed by atoms with Gasteiger partial charge in [0.15, 0.2) is 0 Å². The van der Waals surface area contributed by atoms with Crippen LogP contribution < -0.4 is 5.32 Å². The van der Waals surface area contributed by atoms with Crippen molar-refractivity contribution in [3.63, 3.8) is 0 Å². The van der Waals surface area contributed by atoms with Gasteiger partial charge >= 0.3 is 0 Å². The maximum Gasteiger partial charge on any atom is 0.149 e. The number of thiazole rings is 1. The zero-order valence-corrected chi connectivity index (χ0v) is 8.71. The topological polar surface area (TPSA) is 45.1 Å². The number of hydrogen-bond donors (Lipinski definition) is 2. The number of likely N-dealkylation sites (N-methyl/N-ethyl adjacent to an activating group) is 1. The van der Waals surface area contributed by atoms with Gasteiger partial charge in [0, 0.05) is 12.7 Å². The molecule has 0 radical (unpaired) electrons. The Morgan fingerprint density at radius 1 is 1.83 bits per heavy atom. The Morgan fingerprint density at radius 2 is 2.58 bits per heavy atom. The standard InChI is InChI=1S/C7H12N2OS2/c1-8-3-5(10)6-4-9-7(11-2)12-6/h4-5,8,10H,3H2,1-2H3. The normalized spacial score (nSPS) is 13.2. The molecule has 2 N–H and O–H groups in total. The van der Waals surface area contributed by atoms with Crippen LogP contribution in [0.4, 0.5) is 0 Å². The SMILES string of the molecule is CNCC(O)c1cnc(SC)s1. The third-order valence-electron chi connectivity index (χ3n) is 1.40. The lowest BCUT2D eigenvalue weighted by atomic mass is 10.3. The van der Waals surface area contributed by atoms with E-state index in [1.165, 1.54) is 0 Å². The second-order valence-electron chi connectivity index (χ2n) is 2.31. The molecule has 0 saturated heterocycles. The first-order chi connectivity index (χ1) is 5.77. The predicted octanol–water partition coefficient (Wildman–Crippen LogP) is 1.12. The van der Waals surface area contributed by atoms with Crippen LogP contribution in [0, 0.1) is 0 Å². The number of thioether (sulfide) groups is 1. The quantitative estimate of drug-likeness (QED) is 0.721. The van der Waals surface area contributed by atoms with Crippen molar-refractivity contribution in [2.45, 2.75) is 10.4 Å². The summed E-state index contributed by atoms with van der Waals surface area (Å²) in [4.78, 5) is 5.06. The lowest BCUT2D eigenvalue weighted by Crippen LogP contribution is -2.15. The third kappa shape index (κ3) is 2.45. The molecule has 12 heavy (non-hydrogen) atoms. The largest absolute Gasteiger partial charge is 0.386 e. The highest BCUT2D eigenvalue weighted by molar-refractivity contribution is 8.00. The molecule has 68 valence electrons. The number of nitrogens with one attached hydrogen (secondary N) is 1. The summed E-state index contributed by atoms with van der Waals surface area (Å²) >= 11 is 3.14. The zero-order valence-electron chi connectivity index (χ0n) is 7.07. The summed E-state index contributed by atoms with van der Waals surface area (Å²) in [5, 5.41) is 12.4. The molecule has 0 aliphatic carbocycles. The van der Waals surface area contributed by atoms with Gasteiger partial charge in [0.05, 0.1) is 4.88 Å². The van der Waals surface area contributed by atoms with E-state index in [2.05, 4.69) is 10.3 Å². The van der Waals surface area contributed by atoms with Crippen molar-refractivity contribution in [1.29, 1.82) is 0 Å². The van der Waals surface area contributed by atoms with Crippen molar-refractivity contribution in [2.75, 3.05) is 19.8 Å². The predicted molar refractivity (Wildman–Crippen MR) is 52.8 cm³/mol. The van der Waals surface area contributed by atoms with Gasteiger partial charge in [0.1, 0.15) is 10.4 Å². The van der Waals surface area contributed by atoms with Crippen LogP contribution in [-0.2, 0) is 0 Å². The number of rotatable bonds is 4. The first-order valence-corrected chi connectivity index (χ1v) is 5.64. The van der Waals surface area contributed by atoms with Crippen molar-refractivity contribution in [3.8, 4) is 0 Å². The number of hydrogen-bond acceptors (Lipinski definition) is 5. The van der Waals surface area contributed by atoms with E-state index in [9.17, 15) is 5.11 Å². The lowest BCUT2D eigenvalue weighted by molar-refractivity contribution is 0.181. The molecule has 1 unspecified atom stereocenters. The van der Waals surface area contributed by atoms with Crippen LogP contribution >= 0.6 is 23.1 Å². The molecular weight excluding hydrogens is 192 g/mol. The van der Waals surface area contributed by atoms with Crippen LogP contribution in [0.2, 0.25) is 0 Å². The van der Waals surface area contributed by atoms with Crippen molar-refractivity contribution in [2.24, 2.45) is 0 Å². The Labute approximate surface area is 80.2 Å². The minimum atomic E-state index is -0.423. The molecule has 0 aromatic carbocycles. The Balaban J connectivity index is 2.61. The summed E-state index contributed by atoms with van der Waals surface area (Å²) in [5.41, 5.74) is 0. The van der Waals surface area contributed by atoms with Gasteiger partial charge in [0.25, 0.3) is 0 Å². The van der Waals surface area contributed by atoms with Crippen LogP contribution in [0.5, 0.6) is 0 Å². The molecule has 1 aromatic heterocycles. The van der Waals surface area contributed by atoms with Crippen LogP contribution in [0.25, 0.3) is 0 Å². The molecule has 0 aliphatic rings. The molecule has 0 fully saturated rings. The maximum atomic E-state index is 9.53. The Morgan fingerprint density at radius 3 is 3.08 bits per heavy atom. The smallest absolute Gasteiger partial charge is 0.149 e. The summed E-state index contributed by atoms with van der Waals surface area (Å²) in [7, 11) is 1.82. The highest BCUT2D eigenvalue weighted by Gasteiger charge is 2.09. The molecule has 1 aromatic rings. The van der Waals surface area contributed by atoms with E-state index in [0.29, 0.717) is 6.54 Å². The third-order valence-corrected chi connectivity index (χ3v) is 3.50. The first-order valence-electron chi connectivity index (χ1n) is 3.60. The van der Waals surface area contributed by atoms with Gasteiger partial charge in [-0.3, -0.25) is 0 Å². The van der Waals surface area contributed by atoms with E-state index in [0.717, 1.165) is 9.22 Å². The monoisotopic (exact) mass is 204 g/mol. The van der Waals surface area contributed by atoms with Gasteiger partial charge in [-0.25, -0.2) is 4.98 Å². The van der Waals surface area contributed by atoms with E-state index in [-0.39, 0.29) is 0 Å². The summed E-state index contributed by atoms with van der Waals surface area (Å²) in [6.07, 6.45) is 3.29. The molecule has 0 saturated carbocycles. The number of aliphatic hydroxyl groups is 1. The second kappa shape index (κ2) is 4.81. The van der Waals surface area contributed by atoms with Crippen LogP contribution in [0.3, 0.4) is 0 Å². The van der Waals surface area contributed by atoms with Crippen molar-refractivity contribution in [1.82, 2.24) is 10.3 Å². The molecule has 0 amide bonds. The van der Waals surface area contributed by atoms with Gasteiger partial charge in [-0.1, -0.05) is 11.8 Å². The van der Waals surface area contributed by atoms with Crippen LogP contribution in [0.15, 0.2) is 10.5 Å². The fourth-order valence-corrected chi connectivity index (χ4v) is 2.22. The van der Waals surface area contributed by atoms with E-state index in [4.69, 9.17) is 0 Å². The number of aliphatic hydroxyl groups excluding tert-OH is 1. The van der Waals surface area contributed by atoms with E-state index < -0.39 is 6.10 Å². The van der Waals surface area contributed by atoms with Crippen LogP contribution in [-0.4, -0.2) is 29.9 Å². The fraction of sp³-hybridized carbons (Fsp3) is 0.571. The highest BCUT2D eigenvalue weighted by Crippen LogP contribution is 2.25. The Kier molecular flexibility index (Phi) is 4.00. The van der Waals surface area contributed by atoms with Crippen molar-refractivity contribution < 1.29 is 5.11 Å². The summed E-state index contributed by atoms with van der Waals surface area (Å²) in [5.74, 6) is 0. The minimum Gasteiger partial charge on any atom is -0.386 e. The lowest BCUT2D eigenvalue weighted by Gasteiger charge is -2.04. The second-order valence-corrected chi connectivity index (χ2v) is 4.42. The molecule has 1 rings (SSSR count).